The van der Waals surface area contributed by atoms with Crippen molar-refractivity contribution < 1.29 is 0 Å². The fourth-order valence-corrected chi connectivity index (χ4v) is 3.52. The minimum absolute atomic E-state index is 0.0825. The average Bonchev–Trinajstić information content (AvgIpc) is 2.72. The Balaban J connectivity index is 1.80. The third-order valence-corrected chi connectivity index (χ3v) is 5.09. The Labute approximate surface area is 162 Å². The summed E-state index contributed by atoms with van der Waals surface area (Å²) < 4.78 is 3.38. The lowest BCUT2D eigenvalue weighted by Gasteiger charge is -2.09. The maximum absolute atomic E-state index is 13.0. The Bertz CT molecular complexity index is 1240. The zero-order chi connectivity index (χ0) is 19.5. The highest BCUT2D eigenvalue weighted by atomic mass is 16.1. The van der Waals surface area contributed by atoms with Crippen LogP contribution in [0.15, 0.2) is 70.5 Å². The molecule has 3 heterocycles. The standard InChI is InChI=1S/C23H23N3O2/c1-2-3-7-12-25-13-10-20-18(22(25)27)15-19-21(24-20)11-14-26(23(19)28)16-17-8-5-4-6-9-17/h4-6,8-11,13-15H,2-3,7,12,16H2,1H3. The smallest absolute Gasteiger partial charge is 0.260 e. The summed E-state index contributed by atoms with van der Waals surface area (Å²) in [5, 5.41) is 0.982. The summed E-state index contributed by atoms with van der Waals surface area (Å²) in [5.74, 6) is 0. The second kappa shape index (κ2) is 7.80. The van der Waals surface area contributed by atoms with E-state index >= 15 is 0 Å². The lowest BCUT2D eigenvalue weighted by Crippen LogP contribution is -2.22. The lowest BCUT2D eigenvalue weighted by molar-refractivity contribution is 0.590. The van der Waals surface area contributed by atoms with E-state index in [9.17, 15) is 9.59 Å². The summed E-state index contributed by atoms with van der Waals surface area (Å²) in [6.45, 7) is 3.32. The molecule has 4 aromatic rings. The van der Waals surface area contributed by atoms with E-state index < -0.39 is 0 Å². The van der Waals surface area contributed by atoms with Gasteiger partial charge in [-0.25, -0.2) is 4.98 Å². The fraction of sp³-hybridized carbons (Fsp3) is 0.261. The Morgan fingerprint density at radius 1 is 0.821 bits per heavy atom. The molecule has 0 aliphatic rings. The van der Waals surface area contributed by atoms with Crippen LogP contribution in [0, 0.1) is 0 Å². The molecule has 4 rings (SSSR count). The number of hydrogen-bond donors (Lipinski definition) is 0. The topological polar surface area (TPSA) is 56.9 Å². The van der Waals surface area contributed by atoms with Crippen molar-refractivity contribution in [2.75, 3.05) is 0 Å². The van der Waals surface area contributed by atoms with E-state index in [2.05, 4.69) is 11.9 Å². The first-order chi connectivity index (χ1) is 13.7. The number of nitrogens with zero attached hydrogens (tertiary/aromatic N) is 3. The zero-order valence-corrected chi connectivity index (χ0v) is 16.0. The second-order valence-electron chi connectivity index (χ2n) is 7.11. The van der Waals surface area contributed by atoms with E-state index in [4.69, 9.17) is 0 Å². The first-order valence-corrected chi connectivity index (χ1v) is 9.74. The molecular weight excluding hydrogens is 350 g/mol. The number of rotatable bonds is 6. The number of benzene rings is 1. The molecule has 0 aliphatic carbocycles. The monoisotopic (exact) mass is 373 g/mol. The van der Waals surface area contributed by atoms with Gasteiger partial charge in [0, 0.05) is 18.9 Å². The highest BCUT2D eigenvalue weighted by Crippen LogP contribution is 2.15. The maximum atomic E-state index is 13.0. The molecule has 0 unspecified atom stereocenters. The van der Waals surface area contributed by atoms with Gasteiger partial charge in [0.2, 0.25) is 0 Å². The molecule has 28 heavy (non-hydrogen) atoms. The third kappa shape index (κ3) is 3.48. The van der Waals surface area contributed by atoms with Gasteiger partial charge in [-0.3, -0.25) is 9.59 Å². The summed E-state index contributed by atoms with van der Waals surface area (Å²) in [5.41, 5.74) is 2.09. The largest absolute Gasteiger partial charge is 0.315 e. The van der Waals surface area contributed by atoms with Crippen molar-refractivity contribution in [3.63, 3.8) is 0 Å². The van der Waals surface area contributed by atoms with Gasteiger partial charge in [0.15, 0.2) is 0 Å². The minimum atomic E-state index is -0.128. The molecule has 142 valence electrons. The highest BCUT2D eigenvalue weighted by molar-refractivity contribution is 5.91. The molecule has 0 fully saturated rings. The Kier molecular flexibility index (Phi) is 5.06. The quantitative estimate of drug-likeness (QED) is 0.380. The van der Waals surface area contributed by atoms with E-state index in [1.54, 1.807) is 27.6 Å². The second-order valence-corrected chi connectivity index (χ2v) is 7.11. The normalized spacial score (nSPS) is 11.3. The number of pyridine rings is 3. The Morgan fingerprint density at radius 3 is 2.14 bits per heavy atom. The predicted molar refractivity (Wildman–Crippen MR) is 113 cm³/mol. The number of fused-ring (bicyclic) bond motifs is 2. The van der Waals surface area contributed by atoms with E-state index in [0.717, 1.165) is 24.8 Å². The van der Waals surface area contributed by atoms with Crippen molar-refractivity contribution >= 4 is 21.8 Å². The number of unbranched alkanes of at least 4 members (excludes halogenated alkanes) is 2. The van der Waals surface area contributed by atoms with Crippen LogP contribution in [0.5, 0.6) is 0 Å². The molecule has 1 aromatic carbocycles. The van der Waals surface area contributed by atoms with Crippen molar-refractivity contribution in [3.05, 3.63) is 87.2 Å². The Hall–Kier alpha value is -3.21. The zero-order valence-electron chi connectivity index (χ0n) is 16.0. The lowest BCUT2D eigenvalue weighted by atomic mass is 10.1. The van der Waals surface area contributed by atoms with Gasteiger partial charge < -0.3 is 9.13 Å². The molecule has 0 spiro atoms. The molecule has 3 aromatic heterocycles. The Morgan fingerprint density at radius 2 is 1.46 bits per heavy atom. The first-order valence-electron chi connectivity index (χ1n) is 9.74. The molecule has 0 saturated carbocycles. The van der Waals surface area contributed by atoms with Gasteiger partial charge >= 0.3 is 0 Å². The third-order valence-electron chi connectivity index (χ3n) is 5.09. The summed E-state index contributed by atoms with van der Waals surface area (Å²) in [4.78, 5) is 30.4. The van der Waals surface area contributed by atoms with E-state index in [1.807, 2.05) is 42.5 Å². The van der Waals surface area contributed by atoms with Gasteiger partial charge in [0.1, 0.15) is 0 Å². The molecule has 5 nitrogen and oxygen atoms in total. The summed E-state index contributed by atoms with van der Waals surface area (Å²) in [7, 11) is 0. The molecule has 0 amide bonds. The molecule has 0 radical (unpaired) electrons. The van der Waals surface area contributed by atoms with Crippen LogP contribution in [-0.2, 0) is 13.1 Å². The van der Waals surface area contributed by atoms with Gasteiger partial charge in [-0.1, -0.05) is 50.1 Å². The molecule has 5 heteroatoms. The SMILES string of the molecule is CCCCCn1ccc2nc3ccn(Cc4ccccc4)c(=O)c3cc2c1=O. The highest BCUT2D eigenvalue weighted by Gasteiger charge is 2.10. The van der Waals surface area contributed by atoms with E-state index in [-0.39, 0.29) is 11.1 Å². The summed E-state index contributed by atoms with van der Waals surface area (Å²) in [6, 6.07) is 15.3. The number of aromatic nitrogens is 3. The van der Waals surface area contributed by atoms with Gasteiger partial charge in [-0.05, 0) is 30.2 Å². The van der Waals surface area contributed by atoms with Crippen molar-refractivity contribution in [3.8, 4) is 0 Å². The minimum Gasteiger partial charge on any atom is -0.315 e. The summed E-state index contributed by atoms with van der Waals surface area (Å²) in [6.07, 6.45) is 6.73. The fourth-order valence-electron chi connectivity index (χ4n) is 3.52. The molecular formula is C23H23N3O2. The first kappa shape index (κ1) is 18.2. The average molecular weight is 373 g/mol. The van der Waals surface area contributed by atoms with E-state index in [0.29, 0.717) is 34.9 Å². The van der Waals surface area contributed by atoms with Crippen LogP contribution in [0.1, 0.15) is 31.7 Å². The van der Waals surface area contributed by atoms with Crippen LogP contribution in [0.3, 0.4) is 0 Å². The number of aryl methyl sites for hydroxylation is 1. The molecule has 0 aliphatic heterocycles. The molecule has 0 N–H and O–H groups in total. The van der Waals surface area contributed by atoms with Crippen molar-refractivity contribution in [1.29, 1.82) is 0 Å². The maximum Gasteiger partial charge on any atom is 0.260 e. The van der Waals surface area contributed by atoms with Crippen LogP contribution >= 0.6 is 0 Å². The van der Waals surface area contributed by atoms with Crippen LogP contribution in [0.2, 0.25) is 0 Å². The van der Waals surface area contributed by atoms with Crippen molar-refractivity contribution in [2.45, 2.75) is 39.3 Å². The van der Waals surface area contributed by atoms with Crippen LogP contribution in [0.25, 0.3) is 21.8 Å². The predicted octanol–water partition coefficient (Wildman–Crippen LogP) is 3.95. The molecule has 0 saturated heterocycles. The van der Waals surface area contributed by atoms with Crippen molar-refractivity contribution in [2.24, 2.45) is 0 Å². The van der Waals surface area contributed by atoms with Gasteiger partial charge in [0.05, 0.1) is 28.4 Å². The van der Waals surface area contributed by atoms with Gasteiger partial charge in [-0.15, -0.1) is 0 Å². The van der Waals surface area contributed by atoms with Crippen molar-refractivity contribution in [1.82, 2.24) is 14.1 Å². The molecule has 0 atom stereocenters. The summed E-state index contributed by atoms with van der Waals surface area (Å²) >= 11 is 0. The van der Waals surface area contributed by atoms with Crippen LogP contribution < -0.4 is 11.1 Å². The van der Waals surface area contributed by atoms with Crippen LogP contribution in [-0.4, -0.2) is 14.1 Å². The van der Waals surface area contributed by atoms with Gasteiger partial charge in [0.25, 0.3) is 11.1 Å². The number of hydrogen-bond acceptors (Lipinski definition) is 3. The van der Waals surface area contributed by atoms with E-state index in [1.165, 1.54) is 0 Å². The van der Waals surface area contributed by atoms with Crippen LogP contribution in [0.4, 0.5) is 0 Å². The van der Waals surface area contributed by atoms with Gasteiger partial charge in [-0.2, -0.15) is 0 Å². The molecule has 0 bridgehead atoms.